The number of halogens is 1. The van der Waals surface area contributed by atoms with Crippen LogP contribution in [0.3, 0.4) is 0 Å². The van der Waals surface area contributed by atoms with E-state index in [1.165, 1.54) is 23.3 Å². The smallest absolute Gasteiger partial charge is 0.240 e. The summed E-state index contributed by atoms with van der Waals surface area (Å²) in [4.78, 5) is 4.49. The minimum atomic E-state index is -3.54. The van der Waals surface area contributed by atoms with Gasteiger partial charge < -0.3 is 0 Å². The first kappa shape index (κ1) is 23.2. The Hall–Kier alpha value is -2.47. The summed E-state index contributed by atoms with van der Waals surface area (Å²) in [6.07, 6.45) is 10.7. The van der Waals surface area contributed by atoms with E-state index < -0.39 is 10.0 Å². The van der Waals surface area contributed by atoms with Crippen LogP contribution in [0.4, 0.5) is 0 Å². The number of benzene rings is 2. The van der Waals surface area contributed by atoms with Crippen LogP contribution in [-0.2, 0) is 16.4 Å². The van der Waals surface area contributed by atoms with Gasteiger partial charge in [-0.3, -0.25) is 4.98 Å². The molecule has 162 valence electrons. The molecule has 0 saturated carbocycles. The van der Waals surface area contributed by atoms with Crippen molar-refractivity contribution in [3.05, 3.63) is 107 Å². The number of nitrogens with one attached hydrogen (secondary N) is 1. The lowest BCUT2D eigenvalue weighted by Gasteiger charge is -2.16. The van der Waals surface area contributed by atoms with Crippen LogP contribution in [0.15, 0.2) is 90.1 Å². The van der Waals surface area contributed by atoms with Crippen LogP contribution < -0.4 is 4.72 Å². The van der Waals surface area contributed by atoms with E-state index in [1.807, 2.05) is 12.3 Å². The minimum absolute atomic E-state index is 0.215. The van der Waals surface area contributed by atoms with Gasteiger partial charge in [0.1, 0.15) is 0 Å². The van der Waals surface area contributed by atoms with Crippen LogP contribution in [-0.4, -0.2) is 19.9 Å². The molecule has 3 aromatic rings. The summed E-state index contributed by atoms with van der Waals surface area (Å²) in [6.45, 7) is 2.46. The van der Waals surface area contributed by atoms with Crippen molar-refractivity contribution in [1.29, 1.82) is 0 Å². The highest BCUT2D eigenvalue weighted by atomic mass is 35.5. The molecular weight excluding hydrogens is 428 g/mol. The third kappa shape index (κ3) is 6.76. The van der Waals surface area contributed by atoms with Crippen molar-refractivity contribution in [3.8, 4) is 0 Å². The van der Waals surface area contributed by atoms with Gasteiger partial charge in [-0.25, -0.2) is 13.1 Å². The van der Waals surface area contributed by atoms with E-state index in [0.717, 1.165) is 18.4 Å². The molecule has 6 heteroatoms. The summed E-state index contributed by atoms with van der Waals surface area (Å²) < 4.78 is 27.4. The average molecular weight is 455 g/mol. The first-order valence-corrected chi connectivity index (χ1v) is 12.2. The Kier molecular flexibility index (Phi) is 8.41. The van der Waals surface area contributed by atoms with Gasteiger partial charge in [0.25, 0.3) is 0 Å². The Bertz CT molecular complexity index is 1080. The monoisotopic (exact) mass is 454 g/mol. The Labute approximate surface area is 190 Å². The first-order chi connectivity index (χ1) is 15.0. The number of sulfonamides is 1. The van der Waals surface area contributed by atoms with Crippen LogP contribution in [0.2, 0.25) is 5.02 Å². The topological polar surface area (TPSA) is 59.1 Å². The Morgan fingerprint density at radius 2 is 1.74 bits per heavy atom. The van der Waals surface area contributed by atoms with Gasteiger partial charge in [0.05, 0.1) is 4.90 Å². The van der Waals surface area contributed by atoms with Crippen LogP contribution in [0.25, 0.3) is 0 Å². The van der Waals surface area contributed by atoms with E-state index in [2.05, 4.69) is 59.1 Å². The zero-order valence-electron chi connectivity index (χ0n) is 17.5. The van der Waals surface area contributed by atoms with Crippen molar-refractivity contribution in [2.24, 2.45) is 0 Å². The molecule has 0 bridgehead atoms. The molecule has 1 aromatic heterocycles. The van der Waals surface area contributed by atoms with Crippen LogP contribution in [0.1, 0.15) is 42.4 Å². The van der Waals surface area contributed by atoms with Gasteiger partial charge in [-0.15, -0.1) is 0 Å². The Morgan fingerprint density at radius 3 is 2.39 bits per heavy atom. The highest BCUT2D eigenvalue weighted by Crippen LogP contribution is 2.28. The van der Waals surface area contributed by atoms with E-state index in [4.69, 9.17) is 11.6 Å². The lowest BCUT2D eigenvalue weighted by molar-refractivity contribution is 0.581. The molecular formula is C25H27ClN2O2S. The van der Waals surface area contributed by atoms with Gasteiger partial charge >= 0.3 is 0 Å². The van der Waals surface area contributed by atoms with Crippen molar-refractivity contribution in [1.82, 2.24) is 9.71 Å². The third-order valence-corrected chi connectivity index (χ3v) is 6.80. The van der Waals surface area contributed by atoms with E-state index in [-0.39, 0.29) is 10.8 Å². The SMILES string of the molecule is CCC=CCC(c1ccc(CCNS(=O)(=O)c2ccc(Cl)cc2)cc1)c1cccnc1. The van der Waals surface area contributed by atoms with Crippen molar-refractivity contribution in [2.75, 3.05) is 6.54 Å². The maximum Gasteiger partial charge on any atom is 0.240 e. The second-order valence-corrected chi connectivity index (χ2v) is 9.50. The maximum absolute atomic E-state index is 12.4. The predicted molar refractivity (Wildman–Crippen MR) is 127 cm³/mol. The van der Waals surface area contributed by atoms with Gasteiger partial charge in [-0.2, -0.15) is 0 Å². The molecule has 0 aliphatic carbocycles. The van der Waals surface area contributed by atoms with Gasteiger partial charge in [-0.1, -0.05) is 61.0 Å². The quantitative estimate of drug-likeness (QED) is 0.397. The largest absolute Gasteiger partial charge is 0.264 e. The average Bonchev–Trinajstić information content (AvgIpc) is 2.78. The summed E-state index contributed by atoms with van der Waals surface area (Å²) in [7, 11) is -3.54. The fourth-order valence-electron chi connectivity index (χ4n) is 3.39. The van der Waals surface area contributed by atoms with E-state index in [1.54, 1.807) is 18.3 Å². The van der Waals surface area contributed by atoms with Gasteiger partial charge in [0.15, 0.2) is 0 Å². The molecule has 0 saturated heterocycles. The molecule has 1 unspecified atom stereocenters. The first-order valence-electron chi connectivity index (χ1n) is 10.4. The molecule has 1 N–H and O–H groups in total. The fraction of sp³-hybridized carbons (Fsp3) is 0.240. The second kappa shape index (κ2) is 11.2. The molecule has 1 atom stereocenters. The maximum atomic E-state index is 12.4. The zero-order chi connectivity index (χ0) is 22.1. The number of allylic oxidation sites excluding steroid dienone is 2. The minimum Gasteiger partial charge on any atom is -0.264 e. The summed E-state index contributed by atoms with van der Waals surface area (Å²) in [5, 5.41) is 0.508. The number of hydrogen-bond acceptors (Lipinski definition) is 3. The normalized spacial score (nSPS) is 12.8. The summed E-state index contributed by atoms with van der Waals surface area (Å²) >= 11 is 5.83. The highest BCUT2D eigenvalue weighted by Gasteiger charge is 2.14. The summed E-state index contributed by atoms with van der Waals surface area (Å²) in [5.41, 5.74) is 3.49. The Balaban J connectivity index is 1.64. The molecule has 0 spiro atoms. The predicted octanol–water partition coefficient (Wildman–Crippen LogP) is 5.74. The van der Waals surface area contributed by atoms with Crippen LogP contribution >= 0.6 is 11.6 Å². The molecule has 0 radical (unpaired) electrons. The van der Waals surface area contributed by atoms with E-state index >= 15 is 0 Å². The molecule has 0 aliphatic rings. The highest BCUT2D eigenvalue weighted by molar-refractivity contribution is 7.89. The van der Waals surface area contributed by atoms with Crippen LogP contribution in [0.5, 0.6) is 0 Å². The summed E-state index contributed by atoms with van der Waals surface area (Å²) in [5.74, 6) is 0.244. The molecule has 2 aromatic carbocycles. The molecule has 0 amide bonds. The number of hydrogen-bond donors (Lipinski definition) is 1. The van der Waals surface area contributed by atoms with E-state index in [9.17, 15) is 8.42 Å². The Morgan fingerprint density at radius 1 is 1.00 bits per heavy atom. The number of nitrogens with zero attached hydrogens (tertiary/aromatic N) is 1. The number of aromatic nitrogens is 1. The number of pyridine rings is 1. The second-order valence-electron chi connectivity index (χ2n) is 7.30. The van der Waals surface area contributed by atoms with Gasteiger partial charge in [0.2, 0.25) is 10.0 Å². The lowest BCUT2D eigenvalue weighted by Crippen LogP contribution is -2.25. The standard InChI is InChI=1S/C25H27ClN2O2S/c1-2-3-4-7-25(22-6-5-17-27-19-22)21-10-8-20(9-11-21)16-18-28-31(29,30)24-14-12-23(26)13-15-24/h3-6,8-15,17,19,25,28H,2,7,16,18H2,1H3. The molecule has 31 heavy (non-hydrogen) atoms. The van der Waals surface area contributed by atoms with Gasteiger partial charge in [0, 0.05) is 29.9 Å². The molecule has 3 rings (SSSR count). The van der Waals surface area contributed by atoms with Crippen molar-refractivity contribution in [2.45, 2.75) is 37.0 Å². The fourth-order valence-corrected chi connectivity index (χ4v) is 4.55. The van der Waals surface area contributed by atoms with Crippen molar-refractivity contribution < 1.29 is 8.42 Å². The van der Waals surface area contributed by atoms with Crippen LogP contribution in [0, 0.1) is 0 Å². The zero-order valence-corrected chi connectivity index (χ0v) is 19.1. The molecule has 4 nitrogen and oxygen atoms in total. The van der Waals surface area contributed by atoms with Gasteiger partial charge in [-0.05, 0) is 66.3 Å². The van der Waals surface area contributed by atoms with Crippen molar-refractivity contribution in [3.63, 3.8) is 0 Å². The third-order valence-electron chi connectivity index (χ3n) is 5.07. The summed E-state index contributed by atoms with van der Waals surface area (Å²) in [6, 6.07) is 18.6. The molecule has 1 heterocycles. The van der Waals surface area contributed by atoms with E-state index in [0.29, 0.717) is 18.0 Å². The lowest BCUT2D eigenvalue weighted by atomic mass is 9.88. The molecule has 0 aliphatic heterocycles. The van der Waals surface area contributed by atoms with Crippen molar-refractivity contribution >= 4 is 21.6 Å². The number of rotatable bonds is 10. The molecule has 0 fully saturated rings.